The van der Waals surface area contributed by atoms with Gasteiger partial charge in [0.1, 0.15) is 19.0 Å². The summed E-state index contributed by atoms with van der Waals surface area (Å²) in [6, 6.07) is 15.2. The second-order valence-electron chi connectivity index (χ2n) is 5.74. The Morgan fingerprint density at radius 1 is 1.08 bits per heavy atom. The smallest absolute Gasteiger partial charge is 0.310 e. The Morgan fingerprint density at radius 2 is 1.80 bits per heavy atom. The van der Waals surface area contributed by atoms with Crippen LogP contribution in [0.1, 0.15) is 11.1 Å². The first-order valence-electron chi connectivity index (χ1n) is 7.80. The summed E-state index contributed by atoms with van der Waals surface area (Å²) < 4.78 is 10.9. The van der Waals surface area contributed by atoms with Gasteiger partial charge in [-0.1, -0.05) is 48.0 Å². The van der Waals surface area contributed by atoms with Crippen molar-refractivity contribution >= 4 is 30.0 Å². The summed E-state index contributed by atoms with van der Waals surface area (Å²) in [4.78, 5) is 13.7. The summed E-state index contributed by atoms with van der Waals surface area (Å²) in [6.07, 6.45) is 0.201. The van der Waals surface area contributed by atoms with E-state index in [1.54, 1.807) is 12.1 Å². The van der Waals surface area contributed by atoms with Crippen molar-refractivity contribution in [3.8, 4) is 5.75 Å². The van der Waals surface area contributed by atoms with Crippen LogP contribution < -0.4 is 4.74 Å². The lowest BCUT2D eigenvalue weighted by molar-refractivity contribution is -0.143. The molecule has 0 amide bonds. The molecule has 0 saturated carbocycles. The first kappa shape index (κ1) is 21.3. The molecule has 0 spiro atoms. The van der Waals surface area contributed by atoms with Crippen LogP contribution >= 0.6 is 24.0 Å². The van der Waals surface area contributed by atoms with E-state index < -0.39 is 0 Å². The van der Waals surface area contributed by atoms with E-state index in [1.165, 1.54) is 0 Å². The highest BCUT2D eigenvalue weighted by Crippen LogP contribution is 2.26. The van der Waals surface area contributed by atoms with E-state index in [4.69, 9.17) is 21.1 Å². The Balaban J connectivity index is 0.00000312. The molecule has 0 aromatic heterocycles. The SMILES string of the molecule is CN(C)CCOC(=O)Cc1ccc(OCc2ccccc2)c(Cl)c1.Cl. The lowest BCUT2D eigenvalue weighted by Crippen LogP contribution is -2.20. The summed E-state index contributed by atoms with van der Waals surface area (Å²) >= 11 is 6.24. The lowest BCUT2D eigenvalue weighted by atomic mass is 10.1. The van der Waals surface area contributed by atoms with E-state index in [0.29, 0.717) is 30.5 Å². The molecule has 0 fully saturated rings. The zero-order valence-corrected chi connectivity index (χ0v) is 16.0. The van der Waals surface area contributed by atoms with E-state index in [-0.39, 0.29) is 24.8 Å². The quantitative estimate of drug-likeness (QED) is 0.646. The molecule has 0 aliphatic rings. The highest BCUT2D eigenvalue weighted by molar-refractivity contribution is 6.32. The van der Waals surface area contributed by atoms with E-state index in [1.807, 2.05) is 55.4 Å². The maximum atomic E-state index is 11.8. The third-order valence-corrected chi connectivity index (χ3v) is 3.68. The Hall–Kier alpha value is -1.75. The molecule has 0 bridgehead atoms. The number of halogens is 2. The summed E-state index contributed by atoms with van der Waals surface area (Å²) in [7, 11) is 3.86. The van der Waals surface area contributed by atoms with Gasteiger partial charge in [0, 0.05) is 6.54 Å². The van der Waals surface area contributed by atoms with Crippen molar-refractivity contribution in [1.82, 2.24) is 4.90 Å². The summed E-state index contributed by atoms with van der Waals surface area (Å²) in [5.74, 6) is 0.344. The maximum Gasteiger partial charge on any atom is 0.310 e. The van der Waals surface area contributed by atoms with Gasteiger partial charge in [-0.2, -0.15) is 0 Å². The van der Waals surface area contributed by atoms with Crippen molar-refractivity contribution in [2.45, 2.75) is 13.0 Å². The van der Waals surface area contributed by atoms with Gasteiger partial charge in [-0.25, -0.2) is 0 Å². The number of esters is 1. The zero-order valence-electron chi connectivity index (χ0n) is 14.4. The predicted octanol–water partition coefficient (Wildman–Crippen LogP) is 3.99. The average Bonchev–Trinajstić information content (AvgIpc) is 2.54. The van der Waals surface area contributed by atoms with Crippen molar-refractivity contribution in [1.29, 1.82) is 0 Å². The van der Waals surface area contributed by atoms with Crippen LogP contribution in [0.2, 0.25) is 5.02 Å². The van der Waals surface area contributed by atoms with Crippen molar-refractivity contribution in [2.75, 3.05) is 27.2 Å². The zero-order chi connectivity index (χ0) is 17.4. The van der Waals surface area contributed by atoms with Crippen molar-refractivity contribution in [3.63, 3.8) is 0 Å². The van der Waals surface area contributed by atoms with E-state index in [2.05, 4.69) is 0 Å². The maximum absolute atomic E-state index is 11.8. The van der Waals surface area contributed by atoms with Gasteiger partial charge < -0.3 is 14.4 Å². The Morgan fingerprint density at radius 3 is 2.44 bits per heavy atom. The van der Waals surface area contributed by atoms with E-state index >= 15 is 0 Å². The molecule has 136 valence electrons. The number of likely N-dealkylation sites (N-methyl/N-ethyl adjacent to an activating group) is 1. The monoisotopic (exact) mass is 383 g/mol. The molecule has 0 aliphatic carbocycles. The van der Waals surface area contributed by atoms with Crippen LogP contribution in [0.25, 0.3) is 0 Å². The Bertz CT molecular complexity index is 663. The highest BCUT2D eigenvalue weighted by Gasteiger charge is 2.09. The fourth-order valence-electron chi connectivity index (χ4n) is 2.07. The molecule has 0 aliphatic heterocycles. The minimum absolute atomic E-state index is 0. The van der Waals surface area contributed by atoms with Crippen LogP contribution in [-0.4, -0.2) is 38.1 Å². The number of benzene rings is 2. The molecule has 2 aromatic rings. The highest BCUT2D eigenvalue weighted by atomic mass is 35.5. The lowest BCUT2D eigenvalue weighted by Gasteiger charge is -2.11. The molecule has 0 atom stereocenters. The molecule has 0 N–H and O–H groups in total. The molecule has 6 heteroatoms. The topological polar surface area (TPSA) is 38.8 Å². The van der Waals surface area contributed by atoms with Gasteiger partial charge in [-0.3, -0.25) is 4.79 Å². The predicted molar refractivity (Wildman–Crippen MR) is 103 cm³/mol. The first-order valence-corrected chi connectivity index (χ1v) is 8.18. The molecule has 2 rings (SSSR count). The molecule has 2 aromatic carbocycles. The van der Waals surface area contributed by atoms with Crippen LogP contribution in [-0.2, 0) is 22.6 Å². The third-order valence-electron chi connectivity index (χ3n) is 3.38. The van der Waals surface area contributed by atoms with Crippen LogP contribution in [0.4, 0.5) is 0 Å². The largest absolute Gasteiger partial charge is 0.487 e. The normalized spacial score (nSPS) is 10.2. The van der Waals surface area contributed by atoms with Gasteiger partial charge in [0.25, 0.3) is 0 Å². The average molecular weight is 384 g/mol. The van der Waals surface area contributed by atoms with Gasteiger partial charge >= 0.3 is 5.97 Å². The van der Waals surface area contributed by atoms with Crippen LogP contribution in [0.3, 0.4) is 0 Å². The molecule has 4 nitrogen and oxygen atoms in total. The number of nitrogens with zero attached hydrogens (tertiary/aromatic N) is 1. The minimum Gasteiger partial charge on any atom is -0.487 e. The number of hydrogen-bond donors (Lipinski definition) is 0. The van der Waals surface area contributed by atoms with Crippen LogP contribution in [0, 0.1) is 0 Å². The second-order valence-corrected chi connectivity index (χ2v) is 6.15. The van der Waals surface area contributed by atoms with E-state index in [9.17, 15) is 4.79 Å². The molecular weight excluding hydrogens is 361 g/mol. The van der Waals surface area contributed by atoms with Gasteiger partial charge in [-0.05, 0) is 37.4 Å². The third kappa shape index (κ3) is 7.78. The summed E-state index contributed by atoms with van der Waals surface area (Å²) in [5.41, 5.74) is 1.88. The first-order chi connectivity index (χ1) is 11.5. The van der Waals surface area contributed by atoms with Crippen molar-refractivity contribution in [2.24, 2.45) is 0 Å². The Labute approximate surface area is 160 Å². The minimum atomic E-state index is -0.258. The number of hydrogen-bond acceptors (Lipinski definition) is 4. The molecule has 0 radical (unpaired) electrons. The van der Waals surface area contributed by atoms with E-state index in [0.717, 1.165) is 11.1 Å². The molecule has 25 heavy (non-hydrogen) atoms. The fraction of sp³-hybridized carbons (Fsp3) is 0.316. The summed E-state index contributed by atoms with van der Waals surface area (Å²) in [5, 5.41) is 0.490. The molecule has 0 unspecified atom stereocenters. The van der Waals surface area contributed by atoms with Crippen molar-refractivity contribution < 1.29 is 14.3 Å². The van der Waals surface area contributed by atoms with Crippen molar-refractivity contribution in [3.05, 3.63) is 64.7 Å². The van der Waals surface area contributed by atoms with Gasteiger partial charge in [-0.15, -0.1) is 12.4 Å². The second kappa shape index (κ2) is 11.0. The van der Waals surface area contributed by atoms with Crippen LogP contribution in [0.5, 0.6) is 5.75 Å². The summed E-state index contributed by atoms with van der Waals surface area (Å²) in [6.45, 7) is 1.54. The number of carbonyl (C=O) groups is 1. The van der Waals surface area contributed by atoms with Gasteiger partial charge in [0.05, 0.1) is 11.4 Å². The molecular formula is C19H23Cl2NO3. The molecule has 0 saturated heterocycles. The number of ether oxygens (including phenoxy) is 2. The van der Waals surface area contributed by atoms with Gasteiger partial charge in [0.15, 0.2) is 0 Å². The Kier molecular flexibility index (Phi) is 9.35. The van der Waals surface area contributed by atoms with Crippen LogP contribution in [0.15, 0.2) is 48.5 Å². The number of carbonyl (C=O) groups excluding carboxylic acids is 1. The standard InChI is InChI=1S/C19H22ClNO3.ClH/c1-21(2)10-11-23-19(22)13-16-8-9-18(17(20)12-16)24-14-15-6-4-3-5-7-15;/h3-9,12H,10-11,13-14H2,1-2H3;1H. The number of rotatable bonds is 8. The van der Waals surface area contributed by atoms with Gasteiger partial charge in [0.2, 0.25) is 0 Å². The molecule has 0 heterocycles. The fourth-order valence-corrected chi connectivity index (χ4v) is 2.32.